The number of hydrogen-bond donors (Lipinski definition) is 2. The predicted octanol–water partition coefficient (Wildman–Crippen LogP) is 3.73. The molecular formula is C29H48N2O4. The van der Waals surface area contributed by atoms with Crippen LogP contribution in [0.5, 0.6) is 0 Å². The zero-order valence-electron chi connectivity index (χ0n) is 22.6. The van der Waals surface area contributed by atoms with E-state index in [1.54, 1.807) is 0 Å². The summed E-state index contributed by atoms with van der Waals surface area (Å²) < 4.78 is 5.97. The number of hydrogen-bond acceptors (Lipinski definition) is 6. The Morgan fingerprint density at radius 2 is 1.91 bits per heavy atom. The molecule has 0 spiro atoms. The van der Waals surface area contributed by atoms with E-state index in [2.05, 4.69) is 44.5 Å². The summed E-state index contributed by atoms with van der Waals surface area (Å²) in [5, 5.41) is 20.5. The van der Waals surface area contributed by atoms with Gasteiger partial charge in [0.25, 0.3) is 0 Å². The van der Waals surface area contributed by atoms with E-state index in [-0.39, 0.29) is 41.1 Å². The van der Waals surface area contributed by atoms with Crippen LogP contribution in [-0.4, -0.2) is 77.2 Å². The SMILES string of the molecule is CC(=NCCO)[C@H]1CC[C@H]2[C@@H]3CC[C@H]4C[C@H](O)[C@@H](N5CCOC(C)(C)C5)C[C@]4(C)[C@H]3C(=O)C[C@]12C. The molecule has 0 aromatic carbocycles. The summed E-state index contributed by atoms with van der Waals surface area (Å²) in [4.78, 5) is 21.2. The molecule has 1 heterocycles. The molecule has 2 N–H and O–H groups in total. The number of ether oxygens (including phenoxy) is 1. The van der Waals surface area contributed by atoms with Gasteiger partial charge in [-0.25, -0.2) is 0 Å². The van der Waals surface area contributed by atoms with Gasteiger partial charge in [0.15, 0.2) is 0 Å². The van der Waals surface area contributed by atoms with Crippen molar-refractivity contribution in [2.24, 2.45) is 45.4 Å². The number of nitrogens with zero attached hydrogens (tertiary/aromatic N) is 2. The average molecular weight is 489 g/mol. The number of morpholine rings is 1. The zero-order valence-corrected chi connectivity index (χ0v) is 22.6. The van der Waals surface area contributed by atoms with Crippen LogP contribution < -0.4 is 0 Å². The molecule has 5 aliphatic rings. The molecule has 5 rings (SSSR count). The second-order valence-electron chi connectivity index (χ2n) is 13.7. The molecule has 0 unspecified atom stereocenters. The second-order valence-corrected chi connectivity index (χ2v) is 13.7. The summed E-state index contributed by atoms with van der Waals surface area (Å²) in [6, 6.07) is 0.114. The van der Waals surface area contributed by atoms with Gasteiger partial charge in [0, 0.05) is 43.1 Å². The van der Waals surface area contributed by atoms with E-state index in [0.717, 1.165) is 50.9 Å². The Morgan fingerprint density at radius 3 is 2.63 bits per heavy atom. The fourth-order valence-electron chi connectivity index (χ4n) is 9.83. The number of aliphatic imine (C=N–C) groups is 1. The van der Waals surface area contributed by atoms with Crippen molar-refractivity contribution in [2.45, 2.75) is 97.3 Å². The van der Waals surface area contributed by atoms with Gasteiger partial charge in [0.05, 0.1) is 31.5 Å². The van der Waals surface area contributed by atoms with Crippen molar-refractivity contribution in [3.63, 3.8) is 0 Å². The molecule has 0 bridgehead atoms. The monoisotopic (exact) mass is 488 g/mol. The van der Waals surface area contributed by atoms with Gasteiger partial charge >= 0.3 is 0 Å². The maximum atomic E-state index is 14.1. The first-order chi connectivity index (χ1) is 16.5. The van der Waals surface area contributed by atoms with Gasteiger partial charge in [-0.3, -0.25) is 14.7 Å². The molecule has 6 heteroatoms. The highest BCUT2D eigenvalue weighted by atomic mass is 16.5. The van der Waals surface area contributed by atoms with E-state index in [4.69, 9.17) is 4.74 Å². The summed E-state index contributed by atoms with van der Waals surface area (Å²) >= 11 is 0. The van der Waals surface area contributed by atoms with Crippen LogP contribution in [0.3, 0.4) is 0 Å². The number of rotatable bonds is 4. The van der Waals surface area contributed by atoms with Gasteiger partial charge in [0.1, 0.15) is 5.78 Å². The summed E-state index contributed by atoms with van der Waals surface area (Å²) in [6.07, 6.45) is 6.66. The molecule has 9 atom stereocenters. The van der Waals surface area contributed by atoms with Crippen LogP contribution in [0.25, 0.3) is 0 Å². The third kappa shape index (κ3) is 4.24. The lowest BCUT2D eigenvalue weighted by Gasteiger charge is -2.62. The Bertz CT molecular complexity index is 858. The molecule has 4 saturated carbocycles. The van der Waals surface area contributed by atoms with Gasteiger partial charge in [-0.05, 0) is 87.9 Å². The third-order valence-electron chi connectivity index (χ3n) is 11.3. The quantitative estimate of drug-likeness (QED) is 0.590. The summed E-state index contributed by atoms with van der Waals surface area (Å²) in [5.41, 5.74) is 0.894. The highest BCUT2D eigenvalue weighted by Crippen LogP contribution is 2.66. The zero-order chi connectivity index (χ0) is 25.2. The maximum Gasteiger partial charge on any atom is 0.137 e. The van der Waals surface area contributed by atoms with Crippen LogP contribution in [0.4, 0.5) is 0 Å². The molecule has 198 valence electrons. The highest BCUT2D eigenvalue weighted by Gasteiger charge is 2.64. The van der Waals surface area contributed by atoms with Crippen molar-refractivity contribution in [3.05, 3.63) is 0 Å². The fourth-order valence-corrected chi connectivity index (χ4v) is 9.83. The molecule has 4 aliphatic carbocycles. The van der Waals surface area contributed by atoms with E-state index in [1.807, 2.05) is 0 Å². The molecule has 0 aromatic heterocycles. The number of Topliss-reactive ketones (excluding diaryl/α,β-unsaturated/α-hetero) is 1. The maximum absolute atomic E-state index is 14.1. The molecule has 0 radical (unpaired) electrons. The van der Waals surface area contributed by atoms with Crippen LogP contribution in [-0.2, 0) is 9.53 Å². The largest absolute Gasteiger partial charge is 0.394 e. The van der Waals surface area contributed by atoms with E-state index >= 15 is 0 Å². The Morgan fingerprint density at radius 1 is 1.14 bits per heavy atom. The smallest absolute Gasteiger partial charge is 0.137 e. The molecular weight excluding hydrogens is 440 g/mol. The minimum atomic E-state index is -0.316. The average Bonchev–Trinajstić information content (AvgIpc) is 3.13. The van der Waals surface area contributed by atoms with Crippen molar-refractivity contribution in [3.8, 4) is 0 Å². The van der Waals surface area contributed by atoms with Crippen LogP contribution in [0.2, 0.25) is 0 Å². The van der Waals surface area contributed by atoms with E-state index in [9.17, 15) is 15.0 Å². The fraction of sp³-hybridized carbons (Fsp3) is 0.931. The van der Waals surface area contributed by atoms with E-state index in [1.165, 1.54) is 6.42 Å². The van der Waals surface area contributed by atoms with Crippen molar-refractivity contribution in [1.29, 1.82) is 0 Å². The second kappa shape index (κ2) is 9.18. The van der Waals surface area contributed by atoms with Gasteiger partial charge in [-0.1, -0.05) is 13.8 Å². The summed E-state index contributed by atoms with van der Waals surface area (Å²) in [6.45, 7) is 14.1. The first kappa shape index (κ1) is 25.8. The number of aliphatic hydroxyl groups excluding tert-OH is 2. The third-order valence-corrected chi connectivity index (χ3v) is 11.3. The predicted molar refractivity (Wildman–Crippen MR) is 137 cm³/mol. The van der Waals surface area contributed by atoms with Gasteiger partial charge < -0.3 is 14.9 Å². The Hall–Kier alpha value is -0.820. The first-order valence-electron chi connectivity index (χ1n) is 14.2. The Kier molecular flexibility index (Phi) is 6.77. The Labute approximate surface area is 211 Å². The van der Waals surface area contributed by atoms with E-state index < -0.39 is 0 Å². The molecule has 6 nitrogen and oxygen atoms in total. The van der Waals surface area contributed by atoms with Crippen molar-refractivity contribution < 1.29 is 19.7 Å². The normalized spacial score (nSPS) is 48.3. The minimum absolute atomic E-state index is 0.00764. The summed E-state index contributed by atoms with van der Waals surface area (Å²) in [5.74, 6) is 2.40. The Balaban J connectivity index is 1.41. The van der Waals surface area contributed by atoms with Gasteiger partial charge in [-0.15, -0.1) is 0 Å². The topological polar surface area (TPSA) is 82.4 Å². The van der Waals surface area contributed by atoms with Gasteiger partial charge in [-0.2, -0.15) is 0 Å². The molecule has 1 saturated heterocycles. The number of ketones is 1. The highest BCUT2D eigenvalue weighted by molar-refractivity contribution is 5.89. The van der Waals surface area contributed by atoms with E-state index in [0.29, 0.717) is 49.0 Å². The van der Waals surface area contributed by atoms with Crippen LogP contribution in [0.1, 0.15) is 79.6 Å². The van der Waals surface area contributed by atoms with Gasteiger partial charge in [0.2, 0.25) is 0 Å². The number of aliphatic hydroxyl groups is 2. The molecule has 0 amide bonds. The van der Waals surface area contributed by atoms with Crippen molar-refractivity contribution >= 4 is 11.5 Å². The lowest BCUT2D eigenvalue weighted by Crippen LogP contribution is -2.64. The van der Waals surface area contributed by atoms with Crippen LogP contribution >= 0.6 is 0 Å². The standard InChI is InChI=1S/C29H48N2O4/c1-18(30-10-12-32)21-8-9-22-20-7-6-19-14-24(33)23(31-11-13-35-27(2,3)17-31)15-28(19,4)26(20)25(34)16-29(21,22)5/h19-24,26,32-33H,6-17H2,1-5H3/t19-,20-,21+,22-,23-,24-,26+,28-,29+/m0/s1. The van der Waals surface area contributed by atoms with Crippen molar-refractivity contribution in [1.82, 2.24) is 4.90 Å². The lowest BCUT2D eigenvalue weighted by atomic mass is 9.43. The molecule has 1 aliphatic heterocycles. The summed E-state index contributed by atoms with van der Waals surface area (Å²) in [7, 11) is 0. The molecule has 0 aromatic rings. The minimum Gasteiger partial charge on any atom is -0.394 e. The first-order valence-corrected chi connectivity index (χ1v) is 14.2. The van der Waals surface area contributed by atoms with Crippen LogP contribution in [0, 0.1) is 40.4 Å². The number of fused-ring (bicyclic) bond motifs is 5. The number of carbonyl (C=O) groups is 1. The van der Waals surface area contributed by atoms with Crippen LogP contribution in [0.15, 0.2) is 4.99 Å². The molecule has 35 heavy (non-hydrogen) atoms. The lowest BCUT2D eigenvalue weighted by molar-refractivity contribution is -0.176. The molecule has 5 fully saturated rings. The van der Waals surface area contributed by atoms with Crippen molar-refractivity contribution in [2.75, 3.05) is 32.8 Å². The number of carbonyl (C=O) groups excluding carboxylic acids is 1.